The van der Waals surface area contributed by atoms with Crippen molar-refractivity contribution in [2.24, 2.45) is 11.7 Å². The van der Waals surface area contributed by atoms with E-state index in [1.165, 1.54) is 37.9 Å². The van der Waals surface area contributed by atoms with Crippen molar-refractivity contribution in [3.05, 3.63) is 29.8 Å². The molecular formula is C18H30N2O. The Morgan fingerprint density at radius 2 is 2.00 bits per heavy atom. The Balaban J connectivity index is 2.00. The molecule has 0 bridgehead atoms. The van der Waals surface area contributed by atoms with Gasteiger partial charge in [0.15, 0.2) is 0 Å². The van der Waals surface area contributed by atoms with Crippen LogP contribution in [-0.4, -0.2) is 30.6 Å². The first-order valence-electron chi connectivity index (χ1n) is 8.34. The van der Waals surface area contributed by atoms with Crippen molar-refractivity contribution in [1.82, 2.24) is 4.90 Å². The van der Waals surface area contributed by atoms with Gasteiger partial charge in [-0.05, 0) is 56.8 Å². The van der Waals surface area contributed by atoms with E-state index < -0.39 is 0 Å². The lowest BCUT2D eigenvalue weighted by Crippen LogP contribution is -2.32. The molecule has 2 rings (SSSR count). The first-order valence-corrected chi connectivity index (χ1v) is 8.34. The topological polar surface area (TPSA) is 38.5 Å². The van der Waals surface area contributed by atoms with E-state index in [-0.39, 0.29) is 6.10 Å². The third-order valence-corrected chi connectivity index (χ3v) is 4.31. The minimum Gasteiger partial charge on any atom is -0.491 e. The van der Waals surface area contributed by atoms with Gasteiger partial charge >= 0.3 is 0 Å². The average Bonchev–Trinajstić information content (AvgIpc) is 2.90. The highest BCUT2D eigenvalue weighted by Crippen LogP contribution is 2.30. The summed E-state index contributed by atoms with van der Waals surface area (Å²) >= 11 is 0. The molecule has 3 heteroatoms. The first kappa shape index (κ1) is 16.3. The van der Waals surface area contributed by atoms with Crippen molar-refractivity contribution in [2.75, 3.05) is 19.6 Å². The van der Waals surface area contributed by atoms with Gasteiger partial charge in [0, 0.05) is 19.1 Å². The minimum atomic E-state index is 0.217. The number of ether oxygens (including phenoxy) is 1. The summed E-state index contributed by atoms with van der Waals surface area (Å²) in [6.45, 7) is 9.43. The van der Waals surface area contributed by atoms with E-state index in [1.807, 2.05) is 0 Å². The fourth-order valence-electron chi connectivity index (χ4n) is 3.33. The number of hydrogen-bond acceptors (Lipinski definition) is 3. The van der Waals surface area contributed by atoms with E-state index in [1.54, 1.807) is 0 Å². The molecule has 0 spiro atoms. The van der Waals surface area contributed by atoms with Gasteiger partial charge in [-0.3, -0.25) is 4.90 Å². The summed E-state index contributed by atoms with van der Waals surface area (Å²) in [7, 11) is 0. The highest BCUT2D eigenvalue weighted by molar-refractivity contribution is 5.29. The predicted molar refractivity (Wildman–Crippen MR) is 88.6 cm³/mol. The van der Waals surface area contributed by atoms with E-state index in [4.69, 9.17) is 10.5 Å². The van der Waals surface area contributed by atoms with Crippen molar-refractivity contribution < 1.29 is 4.74 Å². The van der Waals surface area contributed by atoms with Gasteiger partial charge < -0.3 is 10.5 Å². The molecule has 1 aromatic carbocycles. The van der Waals surface area contributed by atoms with Crippen LogP contribution in [0.5, 0.6) is 5.75 Å². The van der Waals surface area contributed by atoms with Crippen LogP contribution in [0.15, 0.2) is 24.3 Å². The molecule has 0 aromatic heterocycles. The molecule has 1 aromatic rings. The second-order valence-corrected chi connectivity index (χ2v) is 6.43. The Kier molecular flexibility index (Phi) is 6.07. The van der Waals surface area contributed by atoms with Crippen LogP contribution in [0.25, 0.3) is 0 Å². The molecule has 2 atom stereocenters. The molecule has 2 N–H and O–H groups in total. The quantitative estimate of drug-likeness (QED) is 0.834. The van der Waals surface area contributed by atoms with Crippen LogP contribution in [0.4, 0.5) is 0 Å². The number of benzene rings is 1. The molecule has 1 fully saturated rings. The zero-order valence-corrected chi connectivity index (χ0v) is 13.7. The zero-order valence-electron chi connectivity index (χ0n) is 13.7. The number of rotatable bonds is 7. The monoisotopic (exact) mass is 290 g/mol. The number of hydrogen-bond donors (Lipinski definition) is 1. The lowest BCUT2D eigenvalue weighted by atomic mass is 10.0. The molecule has 0 saturated carbocycles. The second kappa shape index (κ2) is 7.81. The van der Waals surface area contributed by atoms with Crippen LogP contribution in [0.3, 0.4) is 0 Å². The van der Waals surface area contributed by atoms with Gasteiger partial charge in [0.1, 0.15) is 5.75 Å². The Hall–Kier alpha value is -1.06. The van der Waals surface area contributed by atoms with E-state index in [9.17, 15) is 0 Å². The summed E-state index contributed by atoms with van der Waals surface area (Å²) in [5.74, 6) is 1.79. The molecule has 1 aliphatic rings. The van der Waals surface area contributed by atoms with Gasteiger partial charge in [-0.25, -0.2) is 0 Å². The average molecular weight is 290 g/mol. The molecule has 1 saturated heterocycles. The maximum absolute atomic E-state index is 6.05. The Labute approximate surface area is 129 Å². The van der Waals surface area contributed by atoms with Crippen LogP contribution in [0.1, 0.15) is 51.6 Å². The van der Waals surface area contributed by atoms with Crippen molar-refractivity contribution in [3.8, 4) is 5.75 Å². The third-order valence-electron chi connectivity index (χ3n) is 4.31. The minimum absolute atomic E-state index is 0.217. The maximum atomic E-state index is 6.05. The molecule has 1 heterocycles. The van der Waals surface area contributed by atoms with Gasteiger partial charge in [-0.2, -0.15) is 0 Å². The highest BCUT2D eigenvalue weighted by atomic mass is 16.5. The molecule has 2 unspecified atom stereocenters. The molecule has 3 nitrogen and oxygen atoms in total. The zero-order chi connectivity index (χ0) is 15.2. The number of likely N-dealkylation sites (tertiary alicyclic amines) is 1. The van der Waals surface area contributed by atoms with Crippen LogP contribution >= 0.6 is 0 Å². The summed E-state index contributed by atoms with van der Waals surface area (Å²) in [5, 5.41) is 0. The molecule has 0 aliphatic carbocycles. The normalized spacial score (nSPS) is 20.9. The van der Waals surface area contributed by atoms with Crippen LogP contribution in [-0.2, 0) is 0 Å². The van der Waals surface area contributed by atoms with E-state index in [0.717, 1.165) is 11.7 Å². The standard InChI is InChI=1S/C18H30N2O/c1-4-5-15-10-11-20(13-15)18(12-19)16-6-8-17(9-7-16)21-14(2)3/h6-9,14-15,18H,4-5,10-13,19H2,1-3H3. The fourth-order valence-corrected chi connectivity index (χ4v) is 3.33. The predicted octanol–water partition coefficient (Wildman–Crippen LogP) is 3.60. The SMILES string of the molecule is CCCC1CCN(C(CN)c2ccc(OC(C)C)cc2)C1. The molecule has 21 heavy (non-hydrogen) atoms. The van der Waals surface area contributed by atoms with E-state index >= 15 is 0 Å². The van der Waals surface area contributed by atoms with Crippen molar-refractivity contribution in [2.45, 2.75) is 52.2 Å². The fraction of sp³-hybridized carbons (Fsp3) is 0.667. The Morgan fingerprint density at radius 1 is 1.29 bits per heavy atom. The summed E-state index contributed by atoms with van der Waals surface area (Å²) in [4.78, 5) is 2.55. The molecular weight excluding hydrogens is 260 g/mol. The van der Waals surface area contributed by atoms with Crippen LogP contribution in [0.2, 0.25) is 0 Å². The van der Waals surface area contributed by atoms with E-state index in [2.05, 4.69) is 49.9 Å². The van der Waals surface area contributed by atoms with Crippen LogP contribution in [0, 0.1) is 5.92 Å². The third kappa shape index (κ3) is 4.45. The molecule has 0 amide bonds. The van der Waals surface area contributed by atoms with Crippen molar-refractivity contribution >= 4 is 0 Å². The molecule has 0 radical (unpaired) electrons. The first-order chi connectivity index (χ1) is 10.1. The van der Waals surface area contributed by atoms with Gasteiger partial charge in [0.25, 0.3) is 0 Å². The summed E-state index contributed by atoms with van der Waals surface area (Å²) in [6, 6.07) is 8.82. The van der Waals surface area contributed by atoms with Crippen molar-refractivity contribution in [1.29, 1.82) is 0 Å². The van der Waals surface area contributed by atoms with Gasteiger partial charge in [-0.15, -0.1) is 0 Å². The smallest absolute Gasteiger partial charge is 0.119 e. The Bertz CT molecular complexity index is 416. The van der Waals surface area contributed by atoms with E-state index in [0.29, 0.717) is 12.6 Å². The van der Waals surface area contributed by atoms with Gasteiger partial charge in [0.2, 0.25) is 0 Å². The summed E-state index contributed by atoms with van der Waals surface area (Å²) in [6.07, 6.45) is 4.16. The summed E-state index contributed by atoms with van der Waals surface area (Å²) < 4.78 is 5.71. The lowest BCUT2D eigenvalue weighted by Gasteiger charge is -2.27. The van der Waals surface area contributed by atoms with Gasteiger partial charge in [-0.1, -0.05) is 25.5 Å². The Morgan fingerprint density at radius 3 is 2.57 bits per heavy atom. The second-order valence-electron chi connectivity index (χ2n) is 6.43. The number of nitrogens with zero attached hydrogens (tertiary/aromatic N) is 1. The largest absolute Gasteiger partial charge is 0.491 e. The van der Waals surface area contributed by atoms with Crippen molar-refractivity contribution in [3.63, 3.8) is 0 Å². The lowest BCUT2D eigenvalue weighted by molar-refractivity contribution is 0.236. The number of nitrogens with two attached hydrogens (primary N) is 1. The molecule has 118 valence electrons. The van der Waals surface area contributed by atoms with Gasteiger partial charge in [0.05, 0.1) is 6.10 Å². The highest BCUT2D eigenvalue weighted by Gasteiger charge is 2.27. The molecule has 1 aliphatic heterocycles. The summed E-state index contributed by atoms with van der Waals surface area (Å²) in [5.41, 5.74) is 7.36. The maximum Gasteiger partial charge on any atom is 0.119 e. The van der Waals surface area contributed by atoms with Crippen LogP contribution < -0.4 is 10.5 Å².